The van der Waals surface area contributed by atoms with Gasteiger partial charge in [-0.05, 0) is 26.2 Å². The molecule has 1 aliphatic heterocycles. The Kier molecular flexibility index (Phi) is 12.4. The first-order valence-corrected chi connectivity index (χ1v) is 10.7. The molecule has 0 aliphatic carbocycles. The first kappa shape index (κ1) is 22.0. The van der Waals surface area contributed by atoms with E-state index < -0.39 is 6.09 Å². The first-order valence-electron chi connectivity index (χ1n) is 10.7. The molecule has 1 unspecified atom stereocenters. The van der Waals surface area contributed by atoms with E-state index in [2.05, 4.69) is 6.92 Å². The lowest BCUT2D eigenvalue weighted by Crippen LogP contribution is -2.34. The van der Waals surface area contributed by atoms with Crippen molar-refractivity contribution in [3.63, 3.8) is 0 Å². The summed E-state index contributed by atoms with van der Waals surface area (Å²) in [4.78, 5) is 24.6. The van der Waals surface area contributed by atoms with E-state index in [-0.39, 0.29) is 12.0 Å². The fourth-order valence-electron chi connectivity index (χ4n) is 3.41. The van der Waals surface area contributed by atoms with Gasteiger partial charge in [0.2, 0.25) is 5.91 Å². The van der Waals surface area contributed by atoms with Gasteiger partial charge in [0.05, 0.1) is 0 Å². The van der Waals surface area contributed by atoms with Crippen LogP contribution in [0.15, 0.2) is 0 Å². The zero-order chi connectivity index (χ0) is 18.3. The van der Waals surface area contributed by atoms with Crippen LogP contribution in [0, 0.1) is 0 Å². The molecule has 0 aromatic heterocycles. The normalized spacial score (nSPS) is 15.6. The fourth-order valence-corrected chi connectivity index (χ4v) is 3.41. The summed E-state index contributed by atoms with van der Waals surface area (Å²) < 4.78 is 5.37. The summed E-state index contributed by atoms with van der Waals surface area (Å²) in [5.74, 6) is -0.0948. The van der Waals surface area contributed by atoms with Gasteiger partial charge in [-0.2, -0.15) is 0 Å². The summed E-state index contributed by atoms with van der Waals surface area (Å²) in [6.45, 7) is 4.71. The van der Waals surface area contributed by atoms with Crippen molar-refractivity contribution in [2.45, 2.75) is 116 Å². The molecular formula is C21H39NO3. The molecule has 2 amide bonds. The second-order valence-corrected chi connectivity index (χ2v) is 7.52. The quantitative estimate of drug-likeness (QED) is 0.348. The lowest BCUT2D eigenvalue weighted by Gasteiger charge is -2.18. The number of imide groups is 1. The van der Waals surface area contributed by atoms with Gasteiger partial charge in [0, 0.05) is 13.0 Å². The number of unbranched alkanes of at least 4 members (excludes halogenated alkanes) is 11. The van der Waals surface area contributed by atoms with Gasteiger partial charge in [0.15, 0.2) is 0 Å². The van der Waals surface area contributed by atoms with Crippen molar-refractivity contribution in [3.8, 4) is 0 Å². The van der Waals surface area contributed by atoms with Crippen LogP contribution in [0.2, 0.25) is 0 Å². The van der Waals surface area contributed by atoms with Gasteiger partial charge in [0.25, 0.3) is 0 Å². The van der Waals surface area contributed by atoms with Crippen LogP contribution < -0.4 is 0 Å². The molecule has 0 spiro atoms. The Balaban J connectivity index is 1.87. The van der Waals surface area contributed by atoms with Crippen molar-refractivity contribution in [1.29, 1.82) is 0 Å². The smallest absolute Gasteiger partial charge is 0.416 e. The molecule has 0 aromatic carbocycles. The van der Waals surface area contributed by atoms with Crippen LogP contribution in [-0.4, -0.2) is 29.5 Å². The van der Waals surface area contributed by atoms with Gasteiger partial charge in [-0.1, -0.05) is 77.6 Å². The third-order valence-corrected chi connectivity index (χ3v) is 5.06. The molecule has 0 aromatic rings. The van der Waals surface area contributed by atoms with E-state index in [4.69, 9.17) is 4.74 Å². The number of likely N-dealkylation sites (tertiary alicyclic amines) is 1. The number of carbonyl (C=O) groups is 2. The minimum Gasteiger partial charge on any atom is -0.446 e. The summed E-state index contributed by atoms with van der Waals surface area (Å²) >= 11 is 0. The number of rotatable bonds is 14. The molecule has 0 saturated carbocycles. The first-order chi connectivity index (χ1) is 12.1. The van der Waals surface area contributed by atoms with Gasteiger partial charge >= 0.3 is 6.09 Å². The summed E-state index contributed by atoms with van der Waals surface area (Å²) in [7, 11) is 0. The largest absolute Gasteiger partial charge is 0.446 e. The number of amides is 2. The van der Waals surface area contributed by atoms with Gasteiger partial charge in [-0.15, -0.1) is 0 Å². The van der Waals surface area contributed by atoms with Crippen LogP contribution in [0.5, 0.6) is 0 Å². The van der Waals surface area contributed by atoms with E-state index in [1.165, 1.54) is 75.5 Å². The maximum Gasteiger partial charge on any atom is 0.416 e. The second kappa shape index (κ2) is 14.1. The van der Waals surface area contributed by atoms with Crippen molar-refractivity contribution in [2.75, 3.05) is 6.54 Å². The molecule has 4 nitrogen and oxygen atoms in total. The molecule has 1 fully saturated rings. The van der Waals surface area contributed by atoms with E-state index >= 15 is 0 Å². The van der Waals surface area contributed by atoms with E-state index in [1.54, 1.807) is 0 Å². The standard InChI is InChI=1S/C21H39NO3/c1-3-4-5-6-7-8-9-10-11-12-13-14-16-19(2)25-21(24)22-18-15-17-20(22)23/h19H,3-18H2,1-2H3. The van der Waals surface area contributed by atoms with E-state index in [0.29, 0.717) is 13.0 Å². The molecule has 1 aliphatic rings. The Labute approximate surface area is 154 Å². The Bertz CT molecular complexity index is 370. The topological polar surface area (TPSA) is 46.6 Å². The van der Waals surface area contributed by atoms with Crippen molar-refractivity contribution in [3.05, 3.63) is 0 Å². The van der Waals surface area contributed by atoms with Crippen LogP contribution >= 0.6 is 0 Å². The highest BCUT2D eigenvalue weighted by Crippen LogP contribution is 2.15. The molecule has 0 radical (unpaired) electrons. The lowest BCUT2D eigenvalue weighted by molar-refractivity contribution is -0.126. The number of hydrogen-bond donors (Lipinski definition) is 0. The van der Waals surface area contributed by atoms with Gasteiger partial charge in [-0.3, -0.25) is 4.79 Å². The summed E-state index contributed by atoms with van der Waals surface area (Å²) in [5, 5.41) is 0. The summed E-state index contributed by atoms with van der Waals surface area (Å²) in [6, 6.07) is 0. The monoisotopic (exact) mass is 353 g/mol. The molecule has 1 rings (SSSR count). The maximum absolute atomic E-state index is 11.9. The van der Waals surface area contributed by atoms with Crippen LogP contribution in [0.3, 0.4) is 0 Å². The number of hydrogen-bond acceptors (Lipinski definition) is 3. The average molecular weight is 354 g/mol. The summed E-state index contributed by atoms with van der Waals surface area (Å²) in [6.07, 6.45) is 17.6. The molecule has 146 valence electrons. The Morgan fingerprint density at radius 2 is 1.48 bits per heavy atom. The highest BCUT2D eigenvalue weighted by molar-refractivity contribution is 5.93. The molecule has 1 heterocycles. The van der Waals surface area contributed by atoms with Crippen molar-refractivity contribution in [2.24, 2.45) is 0 Å². The Morgan fingerprint density at radius 1 is 0.960 bits per heavy atom. The predicted molar refractivity (Wildman–Crippen MR) is 103 cm³/mol. The van der Waals surface area contributed by atoms with Crippen molar-refractivity contribution >= 4 is 12.0 Å². The van der Waals surface area contributed by atoms with Gasteiger partial charge in [-0.25, -0.2) is 9.69 Å². The lowest BCUT2D eigenvalue weighted by atomic mass is 10.0. The van der Waals surface area contributed by atoms with Crippen LogP contribution in [0.4, 0.5) is 4.79 Å². The molecule has 4 heteroatoms. The van der Waals surface area contributed by atoms with Crippen molar-refractivity contribution in [1.82, 2.24) is 4.90 Å². The second-order valence-electron chi connectivity index (χ2n) is 7.52. The third kappa shape index (κ3) is 10.5. The number of ether oxygens (including phenoxy) is 1. The van der Waals surface area contributed by atoms with E-state index in [0.717, 1.165) is 19.3 Å². The minimum atomic E-state index is -0.450. The highest BCUT2D eigenvalue weighted by Gasteiger charge is 2.28. The highest BCUT2D eigenvalue weighted by atomic mass is 16.6. The van der Waals surface area contributed by atoms with Crippen LogP contribution in [0.25, 0.3) is 0 Å². The molecule has 0 bridgehead atoms. The number of carbonyl (C=O) groups excluding carboxylic acids is 2. The Hall–Kier alpha value is -1.06. The van der Waals surface area contributed by atoms with Gasteiger partial charge < -0.3 is 4.74 Å². The molecule has 1 atom stereocenters. The summed E-state index contributed by atoms with van der Waals surface area (Å²) in [5.41, 5.74) is 0. The fraction of sp³-hybridized carbons (Fsp3) is 0.905. The SMILES string of the molecule is CCCCCCCCCCCCCCC(C)OC(=O)N1CCCC1=O. The van der Waals surface area contributed by atoms with Crippen LogP contribution in [0.1, 0.15) is 110 Å². The van der Waals surface area contributed by atoms with Gasteiger partial charge in [0.1, 0.15) is 6.10 Å². The molecule has 1 saturated heterocycles. The maximum atomic E-state index is 11.9. The molecule has 25 heavy (non-hydrogen) atoms. The minimum absolute atomic E-state index is 0.0935. The van der Waals surface area contributed by atoms with E-state index in [9.17, 15) is 9.59 Å². The molecule has 0 N–H and O–H groups in total. The third-order valence-electron chi connectivity index (χ3n) is 5.06. The Morgan fingerprint density at radius 3 is 1.96 bits per heavy atom. The van der Waals surface area contributed by atoms with E-state index in [1.807, 2.05) is 6.92 Å². The molecular weight excluding hydrogens is 314 g/mol. The number of nitrogens with zero attached hydrogens (tertiary/aromatic N) is 1. The predicted octanol–water partition coefficient (Wildman–Crippen LogP) is 6.23. The zero-order valence-electron chi connectivity index (χ0n) is 16.6. The van der Waals surface area contributed by atoms with Crippen molar-refractivity contribution < 1.29 is 14.3 Å². The average Bonchev–Trinajstić information content (AvgIpc) is 3.02. The van der Waals surface area contributed by atoms with Crippen LogP contribution in [-0.2, 0) is 9.53 Å². The zero-order valence-corrected chi connectivity index (χ0v) is 16.6.